The van der Waals surface area contributed by atoms with Crippen LogP contribution in [0.5, 0.6) is 5.75 Å². The number of hydrogen-bond donors (Lipinski definition) is 3. The molecular formula is C21H23N7O. The molecule has 0 aliphatic carbocycles. The van der Waals surface area contributed by atoms with E-state index in [-0.39, 0.29) is 5.75 Å². The Morgan fingerprint density at radius 1 is 0.931 bits per heavy atom. The predicted octanol–water partition coefficient (Wildman–Crippen LogP) is 3.76. The van der Waals surface area contributed by atoms with Crippen LogP contribution < -0.4 is 15.6 Å². The number of anilines is 4. The third kappa shape index (κ3) is 4.78. The summed E-state index contributed by atoms with van der Waals surface area (Å²) < 4.78 is 0. The normalized spacial score (nSPS) is 14.1. The molecule has 1 aliphatic heterocycles. The number of phenols is 1. The van der Waals surface area contributed by atoms with Gasteiger partial charge in [-0.05, 0) is 61.7 Å². The molecule has 0 atom stereocenters. The molecule has 148 valence electrons. The Labute approximate surface area is 169 Å². The smallest absolute Gasteiger partial charge is 0.250 e. The summed E-state index contributed by atoms with van der Waals surface area (Å²) in [7, 11) is 0. The molecule has 0 amide bonds. The summed E-state index contributed by atoms with van der Waals surface area (Å²) in [5, 5.41) is 17.1. The fraction of sp³-hybridized carbons (Fsp3) is 0.238. The van der Waals surface area contributed by atoms with Crippen LogP contribution in [0, 0.1) is 0 Å². The first-order chi connectivity index (χ1) is 14.2. The number of aromatic nitrogens is 3. The van der Waals surface area contributed by atoms with Crippen LogP contribution in [0.1, 0.15) is 25.3 Å². The third-order valence-corrected chi connectivity index (χ3v) is 4.65. The average molecular weight is 389 g/mol. The summed E-state index contributed by atoms with van der Waals surface area (Å²) in [5.41, 5.74) is 5.50. The van der Waals surface area contributed by atoms with Gasteiger partial charge in [-0.3, -0.25) is 0 Å². The van der Waals surface area contributed by atoms with Crippen molar-refractivity contribution in [2.24, 2.45) is 5.10 Å². The van der Waals surface area contributed by atoms with Crippen LogP contribution >= 0.6 is 0 Å². The Hall–Kier alpha value is -3.68. The summed E-state index contributed by atoms with van der Waals surface area (Å²) >= 11 is 0. The standard InChI is InChI=1S/C21H23N7O/c1-15(16-9-11-18(29)12-10-16)26-27-20-23-19(22-17-7-3-2-4-8-17)24-21(25-20)28-13-5-6-14-28/h2-4,7-12,29H,5-6,13-14H2,1H3,(H2,22,23,24,25,27). The second kappa shape index (κ2) is 8.55. The molecule has 1 aliphatic rings. The lowest BCUT2D eigenvalue weighted by atomic mass is 10.1. The molecule has 0 spiro atoms. The second-order valence-corrected chi connectivity index (χ2v) is 6.82. The lowest BCUT2D eigenvalue weighted by Crippen LogP contribution is -2.22. The fourth-order valence-corrected chi connectivity index (χ4v) is 3.08. The van der Waals surface area contributed by atoms with E-state index in [1.165, 1.54) is 0 Å². The Morgan fingerprint density at radius 3 is 2.34 bits per heavy atom. The van der Waals surface area contributed by atoms with Gasteiger partial charge in [0, 0.05) is 18.8 Å². The van der Waals surface area contributed by atoms with Crippen molar-refractivity contribution in [2.75, 3.05) is 28.7 Å². The molecule has 8 nitrogen and oxygen atoms in total. The van der Waals surface area contributed by atoms with Crippen molar-refractivity contribution in [3.63, 3.8) is 0 Å². The van der Waals surface area contributed by atoms with Gasteiger partial charge in [0.1, 0.15) is 5.75 Å². The topological polar surface area (TPSA) is 98.6 Å². The number of benzene rings is 2. The average Bonchev–Trinajstić information content (AvgIpc) is 3.28. The molecule has 29 heavy (non-hydrogen) atoms. The van der Waals surface area contributed by atoms with Crippen LogP contribution in [0.15, 0.2) is 59.7 Å². The lowest BCUT2D eigenvalue weighted by Gasteiger charge is -2.16. The Morgan fingerprint density at radius 2 is 1.62 bits per heavy atom. The van der Waals surface area contributed by atoms with Crippen LogP contribution in [-0.4, -0.2) is 38.9 Å². The molecule has 2 heterocycles. The molecule has 4 rings (SSSR count). The molecule has 3 N–H and O–H groups in total. The number of phenolic OH excluding ortho intramolecular Hbond substituents is 1. The minimum absolute atomic E-state index is 0.221. The number of aromatic hydroxyl groups is 1. The van der Waals surface area contributed by atoms with E-state index >= 15 is 0 Å². The summed E-state index contributed by atoms with van der Waals surface area (Å²) in [6.45, 7) is 3.75. The first-order valence-corrected chi connectivity index (χ1v) is 9.60. The number of hydrazone groups is 1. The fourth-order valence-electron chi connectivity index (χ4n) is 3.08. The minimum Gasteiger partial charge on any atom is -0.508 e. The zero-order valence-electron chi connectivity index (χ0n) is 16.2. The highest BCUT2D eigenvalue weighted by molar-refractivity contribution is 5.99. The number of nitrogens with zero attached hydrogens (tertiary/aromatic N) is 5. The predicted molar refractivity (Wildman–Crippen MR) is 115 cm³/mol. The molecule has 2 aromatic carbocycles. The summed E-state index contributed by atoms with van der Waals surface area (Å²) in [6, 6.07) is 16.7. The molecule has 3 aromatic rings. The van der Waals surface area contributed by atoms with E-state index in [9.17, 15) is 5.11 Å². The highest BCUT2D eigenvalue weighted by atomic mass is 16.3. The lowest BCUT2D eigenvalue weighted by molar-refractivity contribution is 0.475. The molecule has 8 heteroatoms. The van der Waals surface area contributed by atoms with Gasteiger partial charge in [0.05, 0.1) is 5.71 Å². The van der Waals surface area contributed by atoms with Gasteiger partial charge >= 0.3 is 0 Å². The number of nitrogens with one attached hydrogen (secondary N) is 2. The van der Waals surface area contributed by atoms with Crippen LogP contribution in [0.4, 0.5) is 23.5 Å². The van der Waals surface area contributed by atoms with Crippen LogP contribution in [0.3, 0.4) is 0 Å². The van der Waals surface area contributed by atoms with E-state index in [1.807, 2.05) is 37.3 Å². The SMILES string of the molecule is CC(=NNc1nc(Nc2ccccc2)nc(N2CCCC2)n1)c1ccc(O)cc1. The Balaban J connectivity index is 1.59. The van der Waals surface area contributed by atoms with Crippen LogP contribution in [0.2, 0.25) is 0 Å². The number of para-hydroxylation sites is 1. The quantitative estimate of drug-likeness (QED) is 0.436. The van der Waals surface area contributed by atoms with Gasteiger partial charge in [0.15, 0.2) is 0 Å². The molecule has 0 saturated carbocycles. The largest absolute Gasteiger partial charge is 0.508 e. The maximum absolute atomic E-state index is 9.44. The molecular weight excluding hydrogens is 366 g/mol. The van der Waals surface area contributed by atoms with Crippen molar-refractivity contribution in [2.45, 2.75) is 19.8 Å². The maximum atomic E-state index is 9.44. The zero-order chi connectivity index (χ0) is 20.1. The summed E-state index contributed by atoms with van der Waals surface area (Å²) in [6.07, 6.45) is 2.27. The molecule has 0 bridgehead atoms. The van der Waals surface area contributed by atoms with Crippen molar-refractivity contribution in [1.82, 2.24) is 15.0 Å². The number of hydrogen-bond acceptors (Lipinski definition) is 8. The third-order valence-electron chi connectivity index (χ3n) is 4.65. The van der Waals surface area contributed by atoms with Crippen molar-refractivity contribution in [3.05, 3.63) is 60.2 Å². The molecule has 0 unspecified atom stereocenters. The molecule has 0 radical (unpaired) electrons. The van der Waals surface area contributed by atoms with E-state index in [2.05, 4.69) is 35.7 Å². The highest BCUT2D eigenvalue weighted by Crippen LogP contribution is 2.21. The van der Waals surface area contributed by atoms with E-state index in [4.69, 9.17) is 0 Å². The van der Waals surface area contributed by atoms with Gasteiger partial charge in [0.2, 0.25) is 17.8 Å². The van der Waals surface area contributed by atoms with Crippen molar-refractivity contribution < 1.29 is 5.11 Å². The first kappa shape index (κ1) is 18.7. The van der Waals surface area contributed by atoms with Gasteiger partial charge in [0.25, 0.3) is 0 Å². The number of rotatable bonds is 6. The maximum Gasteiger partial charge on any atom is 0.250 e. The van der Waals surface area contributed by atoms with Crippen molar-refractivity contribution in [3.8, 4) is 5.75 Å². The van der Waals surface area contributed by atoms with Gasteiger partial charge in [-0.2, -0.15) is 20.1 Å². The van der Waals surface area contributed by atoms with E-state index in [0.717, 1.165) is 42.9 Å². The van der Waals surface area contributed by atoms with Crippen molar-refractivity contribution >= 4 is 29.2 Å². The van der Waals surface area contributed by atoms with E-state index in [0.29, 0.717) is 17.8 Å². The van der Waals surface area contributed by atoms with E-state index in [1.54, 1.807) is 24.3 Å². The second-order valence-electron chi connectivity index (χ2n) is 6.82. The van der Waals surface area contributed by atoms with E-state index < -0.39 is 0 Å². The first-order valence-electron chi connectivity index (χ1n) is 9.60. The Kier molecular flexibility index (Phi) is 5.51. The highest BCUT2D eigenvalue weighted by Gasteiger charge is 2.17. The van der Waals surface area contributed by atoms with Gasteiger partial charge in [-0.25, -0.2) is 5.43 Å². The molecule has 1 fully saturated rings. The minimum atomic E-state index is 0.221. The Bertz CT molecular complexity index is 984. The van der Waals surface area contributed by atoms with Gasteiger partial charge in [-0.1, -0.05) is 18.2 Å². The van der Waals surface area contributed by atoms with Gasteiger partial charge < -0.3 is 15.3 Å². The van der Waals surface area contributed by atoms with Crippen LogP contribution in [-0.2, 0) is 0 Å². The monoisotopic (exact) mass is 389 g/mol. The molecule has 1 saturated heterocycles. The zero-order valence-corrected chi connectivity index (χ0v) is 16.2. The summed E-state index contributed by atoms with van der Waals surface area (Å²) in [5.74, 6) is 1.70. The van der Waals surface area contributed by atoms with Crippen LogP contribution in [0.25, 0.3) is 0 Å². The van der Waals surface area contributed by atoms with Gasteiger partial charge in [-0.15, -0.1) is 0 Å². The molecule has 1 aromatic heterocycles. The van der Waals surface area contributed by atoms with Crippen molar-refractivity contribution in [1.29, 1.82) is 0 Å². The summed E-state index contributed by atoms with van der Waals surface area (Å²) in [4.78, 5) is 15.7.